The van der Waals surface area contributed by atoms with E-state index >= 15 is 0 Å². The fourth-order valence-corrected chi connectivity index (χ4v) is 3.88. The van der Waals surface area contributed by atoms with E-state index in [0.717, 1.165) is 12.1 Å². The molecule has 3 amide bonds. The molecule has 2 heterocycles. The van der Waals surface area contributed by atoms with Crippen molar-refractivity contribution in [3.8, 4) is 0 Å². The second-order valence-electron chi connectivity index (χ2n) is 6.98. The zero-order valence-corrected chi connectivity index (χ0v) is 15.2. The molecule has 0 saturated carbocycles. The molecule has 160 valence electrons. The first-order valence-corrected chi connectivity index (χ1v) is 8.58. The second-order valence-corrected chi connectivity index (χ2v) is 6.98. The number of hydrogen-bond donors (Lipinski definition) is 2. The standard InChI is InChI=1S/C20H10F6N2O3/c1-8-11-4-2-9(6-13(11)16(30)27-8)18(19(21,22)23,20(24,25)26)10-3-5-12-14(7-10)17(31)28-15(12)29/h2-7H,1H2,(H,27,30)(H,28,29,31). The molecule has 0 aromatic heterocycles. The molecule has 2 aliphatic heterocycles. The first kappa shape index (κ1) is 20.6. The minimum atomic E-state index is -5.92. The summed E-state index contributed by atoms with van der Waals surface area (Å²) in [5.74, 6) is -2.92. The maximum absolute atomic E-state index is 14.3. The van der Waals surface area contributed by atoms with Crippen LogP contribution in [0.2, 0.25) is 0 Å². The summed E-state index contributed by atoms with van der Waals surface area (Å²) in [5.41, 5.74) is -8.36. The normalized spacial score (nSPS) is 16.2. The Bertz CT molecular complexity index is 1100. The number of rotatable bonds is 2. The van der Waals surface area contributed by atoms with E-state index in [0.29, 0.717) is 24.3 Å². The second kappa shape index (κ2) is 6.19. The van der Waals surface area contributed by atoms with Crippen molar-refractivity contribution in [2.75, 3.05) is 0 Å². The van der Waals surface area contributed by atoms with Gasteiger partial charge in [0.2, 0.25) is 5.41 Å². The van der Waals surface area contributed by atoms with Crippen LogP contribution in [0.1, 0.15) is 47.8 Å². The molecule has 0 saturated heterocycles. The molecular formula is C20H10F6N2O3. The predicted molar refractivity (Wildman–Crippen MR) is 94.1 cm³/mol. The van der Waals surface area contributed by atoms with Crippen LogP contribution < -0.4 is 10.6 Å². The van der Waals surface area contributed by atoms with Gasteiger partial charge in [-0.1, -0.05) is 24.8 Å². The molecule has 5 nitrogen and oxygen atoms in total. The fourth-order valence-electron chi connectivity index (χ4n) is 3.88. The van der Waals surface area contributed by atoms with Crippen molar-refractivity contribution >= 4 is 23.4 Å². The molecule has 11 heteroatoms. The van der Waals surface area contributed by atoms with E-state index in [9.17, 15) is 40.7 Å². The number of carbonyl (C=O) groups is 3. The summed E-state index contributed by atoms with van der Waals surface area (Å²) in [4.78, 5) is 35.5. The van der Waals surface area contributed by atoms with Gasteiger partial charge in [-0.15, -0.1) is 0 Å². The zero-order valence-electron chi connectivity index (χ0n) is 15.2. The molecule has 0 spiro atoms. The Morgan fingerprint density at radius 2 is 1.03 bits per heavy atom. The SMILES string of the molecule is C=C1NC(=O)c2cc(C(c3ccc4c(c3)C(=O)NC4=O)(C(F)(F)F)C(F)(F)F)ccc21. The van der Waals surface area contributed by atoms with Crippen molar-refractivity contribution in [2.45, 2.75) is 17.8 Å². The lowest BCUT2D eigenvalue weighted by molar-refractivity contribution is -0.288. The molecule has 31 heavy (non-hydrogen) atoms. The van der Waals surface area contributed by atoms with Gasteiger partial charge in [0.25, 0.3) is 17.7 Å². The van der Waals surface area contributed by atoms with Crippen LogP contribution >= 0.6 is 0 Å². The van der Waals surface area contributed by atoms with Crippen LogP contribution in [0.15, 0.2) is 43.0 Å². The molecule has 2 aliphatic rings. The number of benzene rings is 2. The molecule has 0 radical (unpaired) electrons. The van der Waals surface area contributed by atoms with E-state index in [1.54, 1.807) is 0 Å². The molecule has 0 atom stereocenters. The molecule has 2 N–H and O–H groups in total. The van der Waals surface area contributed by atoms with Gasteiger partial charge in [-0.3, -0.25) is 19.7 Å². The molecule has 2 aromatic carbocycles. The average molecular weight is 440 g/mol. The number of carbonyl (C=O) groups excluding carboxylic acids is 3. The van der Waals surface area contributed by atoms with Crippen LogP contribution in [0.5, 0.6) is 0 Å². The monoisotopic (exact) mass is 440 g/mol. The summed E-state index contributed by atoms with van der Waals surface area (Å²) in [6.07, 6.45) is -11.8. The number of imide groups is 1. The van der Waals surface area contributed by atoms with Crippen molar-refractivity contribution in [1.29, 1.82) is 0 Å². The molecule has 0 bridgehead atoms. The van der Waals surface area contributed by atoms with Gasteiger partial charge in [0.15, 0.2) is 0 Å². The maximum Gasteiger partial charge on any atom is 0.411 e. The third-order valence-electron chi connectivity index (χ3n) is 5.31. The number of alkyl halides is 6. The number of halogens is 6. The van der Waals surface area contributed by atoms with E-state index < -0.39 is 57.7 Å². The Hall–Kier alpha value is -3.63. The van der Waals surface area contributed by atoms with Gasteiger partial charge < -0.3 is 5.32 Å². The highest BCUT2D eigenvalue weighted by Crippen LogP contribution is 2.56. The average Bonchev–Trinajstić information content (AvgIpc) is 3.09. The molecule has 2 aromatic rings. The quantitative estimate of drug-likeness (QED) is 0.553. The topological polar surface area (TPSA) is 75.3 Å². The smallest absolute Gasteiger partial charge is 0.322 e. The highest BCUT2D eigenvalue weighted by atomic mass is 19.4. The van der Waals surface area contributed by atoms with Crippen molar-refractivity contribution in [2.24, 2.45) is 0 Å². The molecule has 0 unspecified atom stereocenters. The van der Waals surface area contributed by atoms with Crippen molar-refractivity contribution < 1.29 is 40.7 Å². The Morgan fingerprint density at radius 3 is 1.55 bits per heavy atom. The third-order valence-corrected chi connectivity index (χ3v) is 5.31. The van der Waals surface area contributed by atoms with E-state index in [-0.39, 0.29) is 16.8 Å². The Morgan fingerprint density at radius 1 is 0.613 bits per heavy atom. The first-order chi connectivity index (χ1) is 14.3. The lowest BCUT2D eigenvalue weighted by atomic mass is 9.71. The number of hydrogen-bond acceptors (Lipinski definition) is 3. The lowest BCUT2D eigenvalue weighted by Gasteiger charge is -2.38. The van der Waals surface area contributed by atoms with Crippen LogP contribution in [0, 0.1) is 0 Å². The van der Waals surface area contributed by atoms with E-state index in [2.05, 4.69) is 11.9 Å². The Balaban J connectivity index is 2.06. The Labute approximate surface area is 169 Å². The van der Waals surface area contributed by atoms with Gasteiger partial charge >= 0.3 is 12.4 Å². The van der Waals surface area contributed by atoms with Crippen molar-refractivity contribution in [3.05, 3.63) is 76.4 Å². The van der Waals surface area contributed by atoms with Gasteiger partial charge in [-0.2, -0.15) is 26.3 Å². The van der Waals surface area contributed by atoms with Crippen LogP contribution in [0.25, 0.3) is 5.70 Å². The molecule has 0 aliphatic carbocycles. The maximum atomic E-state index is 14.3. The van der Waals surface area contributed by atoms with Crippen LogP contribution in [-0.4, -0.2) is 30.1 Å². The van der Waals surface area contributed by atoms with E-state index in [1.165, 1.54) is 0 Å². The molecular weight excluding hydrogens is 430 g/mol. The van der Waals surface area contributed by atoms with Gasteiger partial charge in [-0.25, -0.2) is 0 Å². The van der Waals surface area contributed by atoms with Crippen LogP contribution in [-0.2, 0) is 5.41 Å². The zero-order chi connectivity index (χ0) is 22.9. The van der Waals surface area contributed by atoms with Gasteiger partial charge in [0.1, 0.15) is 0 Å². The van der Waals surface area contributed by atoms with Gasteiger partial charge in [0.05, 0.1) is 11.1 Å². The number of nitrogens with one attached hydrogen (secondary N) is 2. The van der Waals surface area contributed by atoms with E-state index in [4.69, 9.17) is 0 Å². The number of fused-ring (bicyclic) bond motifs is 2. The lowest BCUT2D eigenvalue weighted by Crippen LogP contribution is -2.55. The van der Waals surface area contributed by atoms with Crippen LogP contribution in [0.4, 0.5) is 26.3 Å². The Kier molecular flexibility index (Phi) is 4.12. The largest absolute Gasteiger partial charge is 0.411 e. The summed E-state index contributed by atoms with van der Waals surface area (Å²) < 4.78 is 85.7. The van der Waals surface area contributed by atoms with Gasteiger partial charge in [0, 0.05) is 16.8 Å². The minimum absolute atomic E-state index is 0.0453. The fraction of sp³-hybridized carbons (Fsp3) is 0.150. The van der Waals surface area contributed by atoms with Crippen LogP contribution in [0.3, 0.4) is 0 Å². The first-order valence-electron chi connectivity index (χ1n) is 8.58. The van der Waals surface area contributed by atoms with Crippen molar-refractivity contribution in [1.82, 2.24) is 10.6 Å². The number of amides is 3. The molecule has 4 rings (SSSR count). The van der Waals surface area contributed by atoms with Crippen molar-refractivity contribution in [3.63, 3.8) is 0 Å². The highest BCUT2D eigenvalue weighted by Gasteiger charge is 2.72. The third kappa shape index (κ3) is 2.69. The summed E-state index contributed by atoms with van der Waals surface area (Å²) >= 11 is 0. The van der Waals surface area contributed by atoms with E-state index in [1.807, 2.05) is 5.32 Å². The minimum Gasteiger partial charge on any atom is -0.322 e. The summed E-state index contributed by atoms with van der Waals surface area (Å²) in [6.45, 7) is 3.50. The summed E-state index contributed by atoms with van der Waals surface area (Å²) in [7, 11) is 0. The summed E-state index contributed by atoms with van der Waals surface area (Å²) in [6, 6.07) is 3.72. The molecule has 0 fully saturated rings. The summed E-state index contributed by atoms with van der Waals surface area (Å²) in [5, 5.41) is 4.06. The highest BCUT2D eigenvalue weighted by molar-refractivity contribution is 6.21. The predicted octanol–water partition coefficient (Wildman–Crippen LogP) is 3.70. The van der Waals surface area contributed by atoms with Gasteiger partial charge in [-0.05, 0) is 29.3 Å².